The minimum atomic E-state index is -0.467. The van der Waals surface area contributed by atoms with Gasteiger partial charge in [-0.2, -0.15) is 0 Å². The van der Waals surface area contributed by atoms with E-state index in [1.807, 2.05) is 0 Å². The number of hydrogen-bond acceptors (Lipinski definition) is 4. The maximum atomic E-state index is 10.9. The molecule has 0 N–H and O–H groups in total. The summed E-state index contributed by atoms with van der Waals surface area (Å²) in [5, 5.41) is 10.9. The minimum Gasteiger partial charge on any atom is -0.432 e. The molecule has 1 aromatic heterocycles. The molecule has 0 bridgehead atoms. The quantitative estimate of drug-likeness (QED) is 0.600. The lowest BCUT2D eigenvalue weighted by Crippen LogP contribution is -1.94. The van der Waals surface area contributed by atoms with Crippen LogP contribution in [0.1, 0.15) is 5.56 Å². The van der Waals surface area contributed by atoms with E-state index in [-0.39, 0.29) is 11.4 Å². The van der Waals surface area contributed by atoms with E-state index in [4.69, 9.17) is 4.74 Å². The van der Waals surface area contributed by atoms with E-state index in [9.17, 15) is 10.1 Å². The van der Waals surface area contributed by atoms with Crippen LogP contribution in [0.15, 0.2) is 42.6 Å². The van der Waals surface area contributed by atoms with Crippen LogP contribution in [0.25, 0.3) is 0 Å². The molecule has 0 saturated carbocycles. The molecule has 1 aromatic carbocycles. The summed E-state index contributed by atoms with van der Waals surface area (Å²) in [5.74, 6) is 0.527. The molecule has 0 aliphatic rings. The number of aromatic nitrogens is 1. The first-order valence-corrected chi connectivity index (χ1v) is 5.01. The normalized spacial score (nSPS) is 9.94. The van der Waals surface area contributed by atoms with Crippen molar-refractivity contribution in [3.05, 3.63) is 58.3 Å². The fourth-order valence-corrected chi connectivity index (χ4v) is 1.38. The topological polar surface area (TPSA) is 65.3 Å². The van der Waals surface area contributed by atoms with Crippen LogP contribution >= 0.6 is 0 Å². The van der Waals surface area contributed by atoms with Gasteiger partial charge in [-0.1, -0.05) is 12.1 Å². The highest BCUT2D eigenvalue weighted by atomic mass is 16.6. The van der Waals surface area contributed by atoms with E-state index in [0.717, 1.165) is 5.56 Å². The molecule has 2 aromatic rings. The number of benzene rings is 1. The lowest BCUT2D eigenvalue weighted by Gasteiger charge is -2.05. The van der Waals surface area contributed by atoms with E-state index in [1.165, 1.54) is 6.07 Å². The molecule has 5 nitrogen and oxygen atoms in total. The maximum Gasteiger partial charge on any atom is 0.311 e. The number of rotatable bonds is 3. The van der Waals surface area contributed by atoms with Crippen LogP contribution in [-0.4, -0.2) is 9.91 Å². The number of nitro groups is 1. The molecule has 2 rings (SSSR count). The van der Waals surface area contributed by atoms with Crippen molar-refractivity contribution in [2.75, 3.05) is 0 Å². The zero-order valence-electron chi connectivity index (χ0n) is 9.16. The van der Waals surface area contributed by atoms with Gasteiger partial charge in [0.25, 0.3) is 0 Å². The Morgan fingerprint density at radius 3 is 2.76 bits per heavy atom. The van der Waals surface area contributed by atoms with Crippen molar-refractivity contribution in [1.82, 2.24) is 4.98 Å². The average Bonchev–Trinajstić information content (AvgIpc) is 2.32. The lowest BCUT2D eigenvalue weighted by atomic mass is 10.2. The third-order valence-corrected chi connectivity index (χ3v) is 2.16. The Morgan fingerprint density at radius 2 is 2.12 bits per heavy atom. The summed E-state index contributed by atoms with van der Waals surface area (Å²) >= 11 is 0. The molecule has 0 spiro atoms. The average molecular weight is 230 g/mol. The van der Waals surface area contributed by atoms with E-state index in [0.29, 0.717) is 5.88 Å². The van der Waals surface area contributed by atoms with Gasteiger partial charge in [-0.25, -0.2) is 4.98 Å². The Hall–Kier alpha value is -2.43. The first-order valence-electron chi connectivity index (χ1n) is 5.01. The van der Waals surface area contributed by atoms with Gasteiger partial charge < -0.3 is 4.74 Å². The second-order valence-corrected chi connectivity index (χ2v) is 3.50. The van der Waals surface area contributed by atoms with Crippen molar-refractivity contribution in [2.45, 2.75) is 6.92 Å². The molecule has 0 saturated heterocycles. The van der Waals surface area contributed by atoms with E-state index >= 15 is 0 Å². The molecule has 0 unspecified atom stereocenters. The summed E-state index contributed by atoms with van der Waals surface area (Å²) in [6.07, 6.45) is 1.56. The Morgan fingerprint density at radius 1 is 1.29 bits per heavy atom. The maximum absolute atomic E-state index is 10.9. The van der Waals surface area contributed by atoms with Crippen LogP contribution in [0.4, 0.5) is 5.69 Å². The zero-order chi connectivity index (χ0) is 12.3. The van der Waals surface area contributed by atoms with Gasteiger partial charge in [0.15, 0.2) is 0 Å². The first kappa shape index (κ1) is 11.1. The summed E-state index contributed by atoms with van der Waals surface area (Å²) in [6, 6.07) is 9.94. The molecule has 5 heteroatoms. The Bertz CT molecular complexity index is 541. The fourth-order valence-electron chi connectivity index (χ4n) is 1.38. The van der Waals surface area contributed by atoms with Gasteiger partial charge in [-0.3, -0.25) is 10.1 Å². The summed E-state index contributed by atoms with van der Waals surface area (Å²) < 4.78 is 5.37. The molecular formula is C12H10N2O3. The molecule has 0 amide bonds. The summed E-state index contributed by atoms with van der Waals surface area (Å²) in [7, 11) is 0. The molecule has 86 valence electrons. The van der Waals surface area contributed by atoms with Crippen LogP contribution < -0.4 is 4.74 Å². The van der Waals surface area contributed by atoms with Gasteiger partial charge in [-0.15, -0.1) is 0 Å². The van der Waals surface area contributed by atoms with Crippen molar-refractivity contribution < 1.29 is 9.66 Å². The molecule has 0 fully saturated rings. The SMILES string of the molecule is Cc1ccc(Oc2ccccn2)c([N+](=O)[O-])c1. The highest BCUT2D eigenvalue weighted by Crippen LogP contribution is 2.30. The number of ether oxygens (including phenoxy) is 1. The van der Waals surface area contributed by atoms with E-state index in [2.05, 4.69) is 4.98 Å². The predicted octanol–water partition coefficient (Wildman–Crippen LogP) is 3.09. The standard InChI is InChI=1S/C12H10N2O3/c1-9-5-6-11(10(8-9)14(15)16)17-12-4-2-3-7-13-12/h2-8H,1H3. The number of nitro benzene ring substituents is 1. The summed E-state index contributed by atoms with van der Waals surface area (Å²) in [6.45, 7) is 1.79. The fraction of sp³-hybridized carbons (Fsp3) is 0.0833. The Balaban J connectivity index is 2.36. The van der Waals surface area contributed by atoms with E-state index in [1.54, 1.807) is 43.5 Å². The van der Waals surface area contributed by atoms with Crippen molar-refractivity contribution in [2.24, 2.45) is 0 Å². The second-order valence-electron chi connectivity index (χ2n) is 3.50. The molecular weight excluding hydrogens is 220 g/mol. The number of aryl methyl sites for hydroxylation is 1. The molecule has 0 atom stereocenters. The Kier molecular flexibility index (Phi) is 3.00. The van der Waals surface area contributed by atoms with Gasteiger partial charge in [0.2, 0.25) is 11.6 Å². The van der Waals surface area contributed by atoms with Crippen LogP contribution in [-0.2, 0) is 0 Å². The summed E-state index contributed by atoms with van der Waals surface area (Å²) in [4.78, 5) is 14.4. The molecule has 0 radical (unpaired) electrons. The molecule has 0 aliphatic heterocycles. The van der Waals surface area contributed by atoms with Gasteiger partial charge in [-0.05, 0) is 24.6 Å². The van der Waals surface area contributed by atoms with Crippen LogP contribution in [0.2, 0.25) is 0 Å². The Labute approximate surface area is 97.8 Å². The highest BCUT2D eigenvalue weighted by molar-refractivity contribution is 5.49. The first-order chi connectivity index (χ1) is 8.16. The zero-order valence-corrected chi connectivity index (χ0v) is 9.16. The largest absolute Gasteiger partial charge is 0.432 e. The van der Waals surface area contributed by atoms with Crippen LogP contribution in [0.5, 0.6) is 11.6 Å². The molecule has 0 aliphatic carbocycles. The van der Waals surface area contributed by atoms with Gasteiger partial charge in [0.1, 0.15) is 0 Å². The van der Waals surface area contributed by atoms with Gasteiger partial charge >= 0.3 is 5.69 Å². The number of hydrogen-bond donors (Lipinski definition) is 0. The van der Waals surface area contributed by atoms with Crippen molar-refractivity contribution in [3.63, 3.8) is 0 Å². The third-order valence-electron chi connectivity index (χ3n) is 2.16. The van der Waals surface area contributed by atoms with Gasteiger partial charge in [0, 0.05) is 18.3 Å². The number of pyridine rings is 1. The molecule has 1 heterocycles. The third kappa shape index (κ3) is 2.57. The predicted molar refractivity (Wildman–Crippen MR) is 62.1 cm³/mol. The monoisotopic (exact) mass is 230 g/mol. The highest BCUT2D eigenvalue weighted by Gasteiger charge is 2.15. The van der Waals surface area contributed by atoms with Crippen molar-refractivity contribution in [1.29, 1.82) is 0 Å². The van der Waals surface area contributed by atoms with Crippen LogP contribution in [0, 0.1) is 17.0 Å². The van der Waals surface area contributed by atoms with Crippen molar-refractivity contribution in [3.8, 4) is 11.6 Å². The minimum absolute atomic E-state index is 0.0596. The number of nitrogens with zero attached hydrogens (tertiary/aromatic N) is 2. The van der Waals surface area contributed by atoms with Crippen LogP contribution in [0.3, 0.4) is 0 Å². The smallest absolute Gasteiger partial charge is 0.311 e. The molecule has 17 heavy (non-hydrogen) atoms. The second kappa shape index (κ2) is 4.61. The lowest BCUT2D eigenvalue weighted by molar-refractivity contribution is -0.385. The summed E-state index contributed by atoms with van der Waals surface area (Å²) in [5.41, 5.74) is 0.751. The van der Waals surface area contributed by atoms with Gasteiger partial charge in [0.05, 0.1) is 4.92 Å². The van der Waals surface area contributed by atoms with Crippen molar-refractivity contribution >= 4 is 5.69 Å². The van der Waals surface area contributed by atoms with E-state index < -0.39 is 4.92 Å².